The van der Waals surface area contributed by atoms with Crippen molar-refractivity contribution >= 4 is 23.8 Å². The van der Waals surface area contributed by atoms with E-state index in [1.165, 1.54) is 16.7 Å². The first-order chi connectivity index (χ1) is 16.8. The quantitative estimate of drug-likeness (QED) is 0.280. The monoisotopic (exact) mass is 466 g/mol. The van der Waals surface area contributed by atoms with Crippen molar-refractivity contribution in [2.75, 3.05) is 0 Å². The molecule has 0 aliphatic rings. The van der Waals surface area contributed by atoms with E-state index in [-0.39, 0.29) is 27.9 Å². The summed E-state index contributed by atoms with van der Waals surface area (Å²) in [6, 6.07) is 22.5. The van der Waals surface area contributed by atoms with Gasteiger partial charge in [0.15, 0.2) is 0 Å². The molecule has 0 aliphatic heterocycles. The number of aryl methyl sites for hydroxylation is 1. The van der Waals surface area contributed by atoms with Crippen LogP contribution in [-0.2, 0) is 6.54 Å². The van der Waals surface area contributed by atoms with Crippen molar-refractivity contribution in [1.29, 1.82) is 0 Å². The smallest absolute Gasteiger partial charge is 0.336 e. The summed E-state index contributed by atoms with van der Waals surface area (Å²) in [5, 5.41) is 21.1. The average molecular weight is 466 g/mol. The minimum Gasteiger partial charge on any atom is -0.478 e. The standard InChI is InChI=1S/C28H22N2O5/c1-19-17-29(18-21-10-6-3-7-11-21)27(31)26(23(19)14-12-20-8-4-2-5-9-20)24-15-13-22(30(34)35)16-25(24)28(32)33/h2-17H,18H2,1H3,(H,32,33). The molecule has 0 saturated carbocycles. The van der Waals surface area contributed by atoms with Crippen LogP contribution in [0.15, 0.2) is 89.9 Å². The predicted octanol–water partition coefficient (Wildman–Crippen LogP) is 5.65. The lowest BCUT2D eigenvalue weighted by Gasteiger charge is -2.16. The highest BCUT2D eigenvalue weighted by Crippen LogP contribution is 2.30. The van der Waals surface area contributed by atoms with Gasteiger partial charge in [-0.25, -0.2) is 4.79 Å². The van der Waals surface area contributed by atoms with Crippen molar-refractivity contribution in [1.82, 2.24) is 4.57 Å². The SMILES string of the molecule is Cc1cn(Cc2ccccc2)c(=O)c(-c2ccc([N+](=O)[O-])cc2C(=O)O)c1C=Cc1ccccc1. The molecule has 4 rings (SSSR count). The van der Waals surface area contributed by atoms with Crippen molar-refractivity contribution < 1.29 is 14.8 Å². The maximum atomic E-state index is 13.8. The number of nitro groups is 1. The topological polar surface area (TPSA) is 102 Å². The molecule has 174 valence electrons. The highest BCUT2D eigenvalue weighted by molar-refractivity contribution is 5.98. The third kappa shape index (κ3) is 5.09. The molecule has 1 heterocycles. The maximum Gasteiger partial charge on any atom is 0.336 e. The minimum atomic E-state index is -1.35. The van der Waals surface area contributed by atoms with Crippen LogP contribution in [0.4, 0.5) is 5.69 Å². The van der Waals surface area contributed by atoms with Gasteiger partial charge in [0.05, 0.1) is 22.6 Å². The molecule has 1 aromatic heterocycles. The van der Waals surface area contributed by atoms with Gasteiger partial charge in [-0.05, 0) is 35.2 Å². The molecule has 0 radical (unpaired) electrons. The van der Waals surface area contributed by atoms with Crippen LogP contribution < -0.4 is 5.56 Å². The Morgan fingerprint density at radius 1 is 1.00 bits per heavy atom. The van der Waals surface area contributed by atoms with Gasteiger partial charge in [0.25, 0.3) is 11.2 Å². The number of nitro benzene ring substituents is 1. The van der Waals surface area contributed by atoms with Crippen LogP contribution in [0.3, 0.4) is 0 Å². The summed E-state index contributed by atoms with van der Waals surface area (Å²) in [7, 11) is 0. The van der Waals surface area contributed by atoms with E-state index in [1.807, 2.05) is 73.7 Å². The van der Waals surface area contributed by atoms with Gasteiger partial charge in [0, 0.05) is 23.9 Å². The van der Waals surface area contributed by atoms with E-state index in [4.69, 9.17) is 0 Å². The van der Waals surface area contributed by atoms with Gasteiger partial charge in [-0.15, -0.1) is 0 Å². The molecular weight excluding hydrogens is 444 g/mol. The van der Waals surface area contributed by atoms with E-state index >= 15 is 0 Å². The van der Waals surface area contributed by atoms with E-state index in [2.05, 4.69) is 0 Å². The lowest BCUT2D eigenvalue weighted by molar-refractivity contribution is -0.384. The van der Waals surface area contributed by atoms with Crippen LogP contribution in [0.1, 0.15) is 32.6 Å². The summed E-state index contributed by atoms with van der Waals surface area (Å²) < 4.78 is 1.53. The van der Waals surface area contributed by atoms with Crippen molar-refractivity contribution in [2.45, 2.75) is 13.5 Å². The predicted molar refractivity (Wildman–Crippen MR) is 135 cm³/mol. The van der Waals surface area contributed by atoms with E-state index in [9.17, 15) is 24.8 Å². The zero-order valence-corrected chi connectivity index (χ0v) is 18.9. The van der Waals surface area contributed by atoms with Gasteiger partial charge >= 0.3 is 5.97 Å². The zero-order valence-electron chi connectivity index (χ0n) is 18.9. The van der Waals surface area contributed by atoms with Gasteiger partial charge < -0.3 is 9.67 Å². The Hall–Kier alpha value is -4.78. The van der Waals surface area contributed by atoms with Gasteiger partial charge in [0.2, 0.25) is 0 Å². The molecule has 35 heavy (non-hydrogen) atoms. The summed E-state index contributed by atoms with van der Waals surface area (Å²) >= 11 is 0. The van der Waals surface area contributed by atoms with E-state index in [0.717, 1.165) is 22.8 Å². The van der Waals surface area contributed by atoms with Crippen LogP contribution in [0.5, 0.6) is 0 Å². The first kappa shape index (κ1) is 23.4. The van der Waals surface area contributed by atoms with E-state index < -0.39 is 10.9 Å². The molecule has 7 heteroatoms. The highest BCUT2D eigenvalue weighted by atomic mass is 16.6. The number of aromatic nitrogens is 1. The molecule has 0 aliphatic carbocycles. The fraction of sp³-hybridized carbons (Fsp3) is 0.0714. The summed E-state index contributed by atoms with van der Waals surface area (Å²) in [6.07, 6.45) is 5.37. The number of rotatable bonds is 7. The van der Waals surface area contributed by atoms with Crippen molar-refractivity contribution in [3.8, 4) is 11.1 Å². The van der Waals surface area contributed by atoms with E-state index in [1.54, 1.807) is 12.3 Å². The largest absolute Gasteiger partial charge is 0.478 e. The highest BCUT2D eigenvalue weighted by Gasteiger charge is 2.22. The Kier molecular flexibility index (Phi) is 6.69. The van der Waals surface area contributed by atoms with Crippen molar-refractivity contribution in [3.05, 3.63) is 133 Å². The van der Waals surface area contributed by atoms with Crippen molar-refractivity contribution in [3.63, 3.8) is 0 Å². The lowest BCUT2D eigenvalue weighted by Crippen LogP contribution is -2.24. The van der Waals surface area contributed by atoms with Crippen LogP contribution in [0, 0.1) is 17.0 Å². The number of aromatic carboxylic acids is 1. The van der Waals surface area contributed by atoms with Gasteiger partial charge in [-0.1, -0.05) is 72.8 Å². The Morgan fingerprint density at radius 2 is 1.66 bits per heavy atom. The molecular formula is C28H22N2O5. The molecule has 0 saturated heterocycles. The Morgan fingerprint density at radius 3 is 2.29 bits per heavy atom. The first-order valence-electron chi connectivity index (χ1n) is 10.9. The molecule has 0 spiro atoms. The summed E-state index contributed by atoms with van der Waals surface area (Å²) in [5.74, 6) is -1.35. The molecule has 0 unspecified atom stereocenters. The third-order valence-electron chi connectivity index (χ3n) is 5.67. The Balaban J connectivity index is 1.97. The summed E-state index contributed by atoms with van der Waals surface area (Å²) in [4.78, 5) is 36.4. The van der Waals surface area contributed by atoms with Gasteiger partial charge in [-0.2, -0.15) is 0 Å². The second-order valence-electron chi connectivity index (χ2n) is 8.06. The number of pyridine rings is 1. The van der Waals surface area contributed by atoms with Gasteiger partial charge in [-0.3, -0.25) is 14.9 Å². The van der Waals surface area contributed by atoms with Crippen LogP contribution in [-0.4, -0.2) is 20.6 Å². The summed E-state index contributed by atoms with van der Waals surface area (Å²) in [6.45, 7) is 2.15. The third-order valence-corrected chi connectivity index (χ3v) is 5.67. The van der Waals surface area contributed by atoms with Crippen molar-refractivity contribution in [2.24, 2.45) is 0 Å². The fourth-order valence-corrected chi connectivity index (χ4v) is 3.97. The average Bonchev–Trinajstić information content (AvgIpc) is 2.86. The van der Waals surface area contributed by atoms with Crippen LogP contribution in [0.25, 0.3) is 23.3 Å². The number of non-ortho nitro benzene ring substituents is 1. The number of hydrogen-bond acceptors (Lipinski definition) is 4. The molecule has 4 aromatic rings. The minimum absolute atomic E-state index is 0.131. The lowest BCUT2D eigenvalue weighted by atomic mass is 9.93. The molecule has 0 amide bonds. The Labute approximate surface area is 201 Å². The normalized spacial score (nSPS) is 11.0. The molecule has 0 atom stereocenters. The summed E-state index contributed by atoms with van der Waals surface area (Å²) in [5.41, 5.74) is 2.41. The maximum absolute atomic E-state index is 13.8. The van der Waals surface area contributed by atoms with Crippen LogP contribution in [0.2, 0.25) is 0 Å². The number of carbonyl (C=O) groups is 1. The second kappa shape index (κ2) is 10.0. The molecule has 7 nitrogen and oxygen atoms in total. The molecule has 0 bridgehead atoms. The van der Waals surface area contributed by atoms with E-state index in [0.29, 0.717) is 12.1 Å². The number of carboxylic acids is 1. The van der Waals surface area contributed by atoms with Gasteiger partial charge in [0.1, 0.15) is 0 Å². The number of carboxylic acid groups (broad SMARTS) is 1. The Bertz CT molecular complexity index is 1490. The number of nitrogens with zero attached hydrogens (tertiary/aromatic N) is 2. The fourth-order valence-electron chi connectivity index (χ4n) is 3.97. The molecule has 3 aromatic carbocycles. The first-order valence-corrected chi connectivity index (χ1v) is 10.9. The molecule has 1 N–H and O–H groups in total. The zero-order chi connectivity index (χ0) is 24.9. The number of hydrogen-bond donors (Lipinski definition) is 1. The van der Waals surface area contributed by atoms with Crippen LogP contribution >= 0.6 is 0 Å². The number of benzene rings is 3. The molecule has 0 fully saturated rings. The second-order valence-corrected chi connectivity index (χ2v) is 8.06.